The molecule has 0 saturated carbocycles. The van der Waals surface area contributed by atoms with Crippen molar-refractivity contribution in [1.82, 2.24) is 14.5 Å². The van der Waals surface area contributed by atoms with Gasteiger partial charge >= 0.3 is 0 Å². The first kappa shape index (κ1) is 20.3. The normalized spacial score (nSPS) is 15.8. The largest absolute Gasteiger partial charge is 0.507 e. The Morgan fingerprint density at radius 1 is 1.10 bits per heavy atom. The van der Waals surface area contributed by atoms with Crippen molar-refractivity contribution in [2.24, 2.45) is 0 Å². The van der Waals surface area contributed by atoms with E-state index in [1.165, 1.54) is 12.1 Å². The molecule has 1 atom stereocenters. The quantitative estimate of drug-likeness (QED) is 0.694. The lowest BCUT2D eigenvalue weighted by Gasteiger charge is -2.35. The number of hydrogen-bond acceptors (Lipinski definition) is 4. The van der Waals surface area contributed by atoms with Crippen LogP contribution in [0.3, 0.4) is 0 Å². The van der Waals surface area contributed by atoms with Crippen LogP contribution in [0.25, 0.3) is 0 Å². The number of hydrogen-bond donors (Lipinski definition) is 1. The van der Waals surface area contributed by atoms with Crippen molar-refractivity contribution >= 4 is 0 Å². The van der Waals surface area contributed by atoms with Gasteiger partial charge in [0, 0.05) is 11.9 Å². The van der Waals surface area contributed by atoms with Crippen molar-refractivity contribution in [3.63, 3.8) is 0 Å². The zero-order valence-electron chi connectivity index (χ0n) is 17.1. The zero-order chi connectivity index (χ0) is 21.1. The van der Waals surface area contributed by atoms with Crippen molar-refractivity contribution in [3.8, 4) is 5.75 Å². The second-order valence-corrected chi connectivity index (χ2v) is 7.85. The molecule has 30 heavy (non-hydrogen) atoms. The van der Waals surface area contributed by atoms with E-state index in [1.54, 1.807) is 29.8 Å². The summed E-state index contributed by atoms with van der Waals surface area (Å²) in [6.07, 6.45) is 4.86. The van der Waals surface area contributed by atoms with Crippen molar-refractivity contribution < 1.29 is 9.50 Å². The highest BCUT2D eigenvalue weighted by molar-refractivity contribution is 5.41. The van der Waals surface area contributed by atoms with Crippen LogP contribution in [0.2, 0.25) is 0 Å². The molecule has 1 aromatic carbocycles. The Morgan fingerprint density at radius 2 is 1.90 bits per heavy atom. The van der Waals surface area contributed by atoms with E-state index in [4.69, 9.17) is 0 Å². The summed E-state index contributed by atoms with van der Waals surface area (Å²) in [7, 11) is 0. The molecule has 0 spiro atoms. The van der Waals surface area contributed by atoms with E-state index in [-0.39, 0.29) is 17.1 Å². The van der Waals surface area contributed by atoms with Crippen molar-refractivity contribution in [2.75, 3.05) is 13.1 Å². The Morgan fingerprint density at radius 3 is 2.60 bits per heavy atom. The maximum Gasteiger partial charge on any atom is 0.260 e. The standard InChI is InChI=1S/C24H26FN3O2/c1-17-14-21(29)22(24(30)28(17)16-20-10-3-4-11-26-20)23(27-12-5-2-6-13-27)18-8-7-9-19(25)15-18/h3-4,7-11,14-15,23,29H,2,5-6,12-13,16H2,1H3/t23-/m0/s1. The second-order valence-electron chi connectivity index (χ2n) is 7.85. The first-order valence-corrected chi connectivity index (χ1v) is 10.4. The summed E-state index contributed by atoms with van der Waals surface area (Å²) in [6, 6.07) is 13.0. The maximum atomic E-state index is 14.1. The molecule has 6 heteroatoms. The van der Waals surface area contributed by atoms with Crippen molar-refractivity contribution in [2.45, 2.75) is 38.8 Å². The highest BCUT2D eigenvalue weighted by atomic mass is 19.1. The number of aromatic nitrogens is 2. The predicted molar refractivity (Wildman–Crippen MR) is 114 cm³/mol. The van der Waals surface area contributed by atoms with Gasteiger partial charge in [0.2, 0.25) is 0 Å². The molecule has 1 aliphatic rings. The number of nitrogens with zero attached hydrogens (tertiary/aromatic N) is 3. The Labute approximate surface area is 175 Å². The molecule has 5 nitrogen and oxygen atoms in total. The van der Waals surface area contributed by atoms with Gasteiger partial charge < -0.3 is 9.67 Å². The van der Waals surface area contributed by atoms with Crippen LogP contribution in [-0.2, 0) is 6.54 Å². The highest BCUT2D eigenvalue weighted by Gasteiger charge is 2.30. The van der Waals surface area contributed by atoms with Crippen LogP contribution in [0.1, 0.15) is 47.8 Å². The van der Waals surface area contributed by atoms with Gasteiger partial charge in [0.05, 0.1) is 23.8 Å². The van der Waals surface area contributed by atoms with Crippen LogP contribution in [-0.4, -0.2) is 32.6 Å². The fourth-order valence-electron chi connectivity index (χ4n) is 4.29. The summed E-state index contributed by atoms with van der Waals surface area (Å²) in [5.41, 5.74) is 2.13. The van der Waals surface area contributed by atoms with Crippen LogP contribution in [0, 0.1) is 12.7 Å². The zero-order valence-corrected chi connectivity index (χ0v) is 17.1. The predicted octanol–water partition coefficient (Wildman–Crippen LogP) is 4.02. The minimum Gasteiger partial charge on any atom is -0.507 e. The van der Waals surface area contributed by atoms with Gasteiger partial charge in [-0.15, -0.1) is 0 Å². The molecule has 0 aliphatic carbocycles. The van der Waals surface area contributed by atoms with Crippen molar-refractivity contribution in [1.29, 1.82) is 0 Å². The molecule has 2 aromatic heterocycles. The Hall–Kier alpha value is -2.99. The third-order valence-electron chi connectivity index (χ3n) is 5.76. The first-order chi connectivity index (χ1) is 14.5. The van der Waals surface area contributed by atoms with Crippen LogP contribution < -0.4 is 5.56 Å². The molecular weight excluding hydrogens is 381 g/mol. The fraction of sp³-hybridized carbons (Fsp3) is 0.333. The van der Waals surface area contributed by atoms with E-state index in [0.29, 0.717) is 23.4 Å². The number of likely N-dealkylation sites (tertiary alicyclic amines) is 1. The average Bonchev–Trinajstić information content (AvgIpc) is 2.75. The molecule has 0 unspecified atom stereocenters. The van der Waals surface area contributed by atoms with Crippen LogP contribution >= 0.6 is 0 Å². The number of piperidine rings is 1. The van der Waals surface area contributed by atoms with E-state index in [2.05, 4.69) is 9.88 Å². The number of aromatic hydroxyl groups is 1. The molecule has 1 aliphatic heterocycles. The van der Waals surface area contributed by atoms with Crippen LogP contribution in [0.15, 0.2) is 59.5 Å². The number of benzene rings is 1. The minimum atomic E-state index is -0.496. The molecule has 0 bridgehead atoms. The molecule has 156 valence electrons. The van der Waals surface area contributed by atoms with Gasteiger partial charge in [-0.1, -0.05) is 24.6 Å². The summed E-state index contributed by atoms with van der Waals surface area (Å²) < 4.78 is 15.7. The van der Waals surface area contributed by atoms with E-state index in [0.717, 1.165) is 38.0 Å². The lowest BCUT2D eigenvalue weighted by molar-refractivity contribution is 0.183. The van der Waals surface area contributed by atoms with Crippen molar-refractivity contribution in [3.05, 3.63) is 93.4 Å². The highest BCUT2D eigenvalue weighted by Crippen LogP contribution is 2.34. The molecule has 3 aromatic rings. The van der Waals surface area contributed by atoms with Crippen LogP contribution in [0.4, 0.5) is 4.39 Å². The summed E-state index contributed by atoms with van der Waals surface area (Å²) >= 11 is 0. The van der Waals surface area contributed by atoms with Gasteiger partial charge in [-0.2, -0.15) is 0 Å². The van der Waals surface area contributed by atoms with Gasteiger partial charge in [-0.25, -0.2) is 4.39 Å². The van der Waals surface area contributed by atoms with Gasteiger partial charge in [0.25, 0.3) is 5.56 Å². The number of halogens is 1. The molecule has 4 rings (SSSR count). The Bertz CT molecular complexity index is 1080. The average molecular weight is 407 g/mol. The molecule has 0 amide bonds. The molecule has 3 heterocycles. The maximum absolute atomic E-state index is 14.1. The number of rotatable bonds is 5. The fourth-order valence-corrected chi connectivity index (χ4v) is 4.29. The number of aryl methyl sites for hydroxylation is 1. The van der Waals surface area contributed by atoms with E-state index in [1.807, 2.05) is 24.3 Å². The molecule has 1 fully saturated rings. The summed E-state index contributed by atoms with van der Waals surface area (Å²) in [6.45, 7) is 3.71. The summed E-state index contributed by atoms with van der Waals surface area (Å²) in [5, 5.41) is 10.8. The van der Waals surface area contributed by atoms with E-state index < -0.39 is 6.04 Å². The molecule has 1 N–H and O–H groups in total. The SMILES string of the molecule is Cc1cc(O)c([C@H](c2cccc(F)c2)N2CCCCC2)c(=O)n1Cc1ccccn1. The van der Waals surface area contributed by atoms with Gasteiger partial charge in [-0.3, -0.25) is 14.7 Å². The third kappa shape index (κ3) is 4.14. The smallest absolute Gasteiger partial charge is 0.260 e. The van der Waals surface area contributed by atoms with Gasteiger partial charge in [-0.05, 0) is 68.8 Å². The summed E-state index contributed by atoms with van der Waals surface area (Å²) in [5.74, 6) is -0.399. The van der Waals surface area contributed by atoms with Gasteiger partial charge in [0.15, 0.2) is 0 Å². The first-order valence-electron chi connectivity index (χ1n) is 10.4. The monoisotopic (exact) mass is 407 g/mol. The Balaban J connectivity index is 1.85. The van der Waals surface area contributed by atoms with E-state index in [9.17, 15) is 14.3 Å². The van der Waals surface area contributed by atoms with Crippen LogP contribution in [0.5, 0.6) is 5.75 Å². The third-order valence-corrected chi connectivity index (χ3v) is 5.76. The lowest BCUT2D eigenvalue weighted by atomic mass is 9.94. The number of pyridine rings is 2. The topological polar surface area (TPSA) is 58.4 Å². The molecule has 0 radical (unpaired) electrons. The molecular formula is C24H26FN3O2. The lowest BCUT2D eigenvalue weighted by Crippen LogP contribution is -2.39. The Kier molecular flexibility index (Phi) is 5.95. The minimum absolute atomic E-state index is 0.0467. The summed E-state index contributed by atoms with van der Waals surface area (Å²) in [4.78, 5) is 20.1. The van der Waals surface area contributed by atoms with Gasteiger partial charge in [0.1, 0.15) is 11.6 Å². The molecule has 1 saturated heterocycles. The van der Waals surface area contributed by atoms with E-state index >= 15 is 0 Å². The second kappa shape index (κ2) is 8.79.